The highest BCUT2D eigenvalue weighted by molar-refractivity contribution is 5.39. The second kappa shape index (κ2) is 7.03. The van der Waals surface area contributed by atoms with Crippen molar-refractivity contribution in [2.24, 2.45) is 23.5 Å². The third-order valence-corrected chi connectivity index (χ3v) is 5.00. The Kier molecular flexibility index (Phi) is 5.34. The van der Waals surface area contributed by atoms with Gasteiger partial charge in [0, 0.05) is 17.7 Å². The lowest BCUT2D eigenvalue weighted by atomic mass is 9.72. The van der Waals surface area contributed by atoms with Gasteiger partial charge in [0.05, 0.1) is 4.92 Å². The lowest BCUT2D eigenvalue weighted by Crippen LogP contribution is -2.37. The highest BCUT2D eigenvalue weighted by Gasteiger charge is 2.29. The predicted molar refractivity (Wildman–Crippen MR) is 85.1 cm³/mol. The fraction of sp³-hybridized carbons (Fsp3) is 0.647. The van der Waals surface area contributed by atoms with Crippen LogP contribution in [0.3, 0.4) is 0 Å². The second-order valence-corrected chi connectivity index (χ2v) is 6.67. The maximum atomic E-state index is 11.1. The molecule has 3 atom stereocenters. The van der Waals surface area contributed by atoms with Crippen LogP contribution in [0.2, 0.25) is 0 Å². The molecule has 2 rings (SSSR count). The summed E-state index contributed by atoms with van der Waals surface area (Å²) >= 11 is 0. The lowest BCUT2D eigenvalue weighted by molar-refractivity contribution is -0.385. The highest BCUT2D eigenvalue weighted by Crippen LogP contribution is 2.35. The highest BCUT2D eigenvalue weighted by atomic mass is 16.6. The molecule has 2 N–H and O–H groups in total. The van der Waals surface area contributed by atoms with Gasteiger partial charge < -0.3 is 5.73 Å². The molecule has 0 heterocycles. The molecular weight excluding hydrogens is 264 g/mol. The molecule has 4 heteroatoms. The van der Waals surface area contributed by atoms with Crippen LogP contribution in [0.5, 0.6) is 0 Å². The van der Waals surface area contributed by atoms with Crippen LogP contribution in [0.1, 0.15) is 45.1 Å². The van der Waals surface area contributed by atoms with E-state index in [1.165, 1.54) is 12.8 Å². The summed E-state index contributed by atoms with van der Waals surface area (Å²) in [5.74, 6) is 1.94. The topological polar surface area (TPSA) is 69.2 Å². The quantitative estimate of drug-likeness (QED) is 0.660. The van der Waals surface area contributed by atoms with Crippen molar-refractivity contribution in [3.05, 3.63) is 39.9 Å². The van der Waals surface area contributed by atoms with Crippen molar-refractivity contribution in [3.8, 4) is 0 Å². The predicted octanol–water partition coefficient (Wildman–Crippen LogP) is 3.93. The Labute approximate surface area is 126 Å². The van der Waals surface area contributed by atoms with Gasteiger partial charge in [-0.2, -0.15) is 0 Å². The SMILES string of the molecule is CC(C)C1CCC(N)C(CCc2ccccc2[N+](=O)[O-])C1. The number of hydrogen-bond acceptors (Lipinski definition) is 3. The van der Waals surface area contributed by atoms with Gasteiger partial charge >= 0.3 is 0 Å². The van der Waals surface area contributed by atoms with E-state index in [9.17, 15) is 10.1 Å². The van der Waals surface area contributed by atoms with Crippen molar-refractivity contribution in [3.63, 3.8) is 0 Å². The minimum atomic E-state index is -0.285. The standard InChI is InChI=1S/C17H26N2O2/c1-12(2)14-9-10-16(18)15(11-14)8-7-13-5-3-4-6-17(13)19(20)21/h3-6,12,14-16H,7-11,18H2,1-2H3. The van der Waals surface area contributed by atoms with Crippen LogP contribution in [0.4, 0.5) is 5.69 Å². The van der Waals surface area contributed by atoms with E-state index < -0.39 is 0 Å². The number of hydrogen-bond donors (Lipinski definition) is 1. The first-order valence-electron chi connectivity index (χ1n) is 7.97. The minimum Gasteiger partial charge on any atom is -0.327 e. The van der Waals surface area contributed by atoms with Gasteiger partial charge in [-0.15, -0.1) is 0 Å². The van der Waals surface area contributed by atoms with E-state index in [0.29, 0.717) is 11.8 Å². The largest absolute Gasteiger partial charge is 0.327 e. The molecule has 0 amide bonds. The van der Waals surface area contributed by atoms with Crippen molar-refractivity contribution < 1.29 is 4.92 Å². The summed E-state index contributed by atoms with van der Waals surface area (Å²) in [6.07, 6.45) is 5.18. The van der Waals surface area contributed by atoms with Gasteiger partial charge in [-0.3, -0.25) is 10.1 Å². The molecule has 0 saturated heterocycles. The van der Waals surface area contributed by atoms with E-state index in [2.05, 4.69) is 13.8 Å². The molecule has 0 spiro atoms. The van der Waals surface area contributed by atoms with E-state index >= 15 is 0 Å². The fourth-order valence-corrected chi connectivity index (χ4v) is 3.50. The zero-order valence-electron chi connectivity index (χ0n) is 13.0. The fourth-order valence-electron chi connectivity index (χ4n) is 3.50. The third kappa shape index (κ3) is 4.03. The molecule has 1 fully saturated rings. The van der Waals surface area contributed by atoms with Crippen molar-refractivity contribution >= 4 is 5.69 Å². The maximum Gasteiger partial charge on any atom is 0.272 e. The van der Waals surface area contributed by atoms with Crippen LogP contribution in [0.15, 0.2) is 24.3 Å². The number of nitrogens with zero attached hydrogens (tertiary/aromatic N) is 1. The summed E-state index contributed by atoms with van der Waals surface area (Å²) in [4.78, 5) is 10.8. The summed E-state index contributed by atoms with van der Waals surface area (Å²) in [5.41, 5.74) is 7.34. The molecule has 1 saturated carbocycles. The molecule has 1 aliphatic carbocycles. The Hall–Kier alpha value is -1.42. The van der Waals surface area contributed by atoms with E-state index in [1.54, 1.807) is 12.1 Å². The minimum absolute atomic E-state index is 0.238. The number of nitro groups is 1. The van der Waals surface area contributed by atoms with Gasteiger partial charge in [-0.25, -0.2) is 0 Å². The van der Waals surface area contributed by atoms with Gasteiger partial charge in [0.1, 0.15) is 0 Å². The monoisotopic (exact) mass is 290 g/mol. The van der Waals surface area contributed by atoms with Crippen LogP contribution < -0.4 is 5.73 Å². The van der Waals surface area contributed by atoms with Gasteiger partial charge in [-0.05, 0) is 49.9 Å². The molecular formula is C17H26N2O2. The molecule has 0 radical (unpaired) electrons. The molecule has 1 aromatic rings. The van der Waals surface area contributed by atoms with Crippen molar-refractivity contribution in [1.29, 1.82) is 0 Å². The lowest BCUT2D eigenvalue weighted by Gasteiger charge is -2.36. The average Bonchev–Trinajstić information content (AvgIpc) is 2.46. The van der Waals surface area contributed by atoms with E-state index in [1.807, 2.05) is 12.1 Å². The Balaban J connectivity index is 2.00. The van der Waals surface area contributed by atoms with Crippen LogP contribution in [-0.4, -0.2) is 11.0 Å². The first-order valence-corrected chi connectivity index (χ1v) is 7.97. The molecule has 0 aliphatic heterocycles. The molecule has 1 aromatic carbocycles. The number of nitro benzene ring substituents is 1. The first kappa shape index (κ1) is 16.0. The molecule has 4 nitrogen and oxygen atoms in total. The molecule has 0 bridgehead atoms. The van der Waals surface area contributed by atoms with E-state index in [0.717, 1.165) is 30.7 Å². The Bertz CT molecular complexity index is 487. The smallest absolute Gasteiger partial charge is 0.272 e. The Morgan fingerprint density at radius 2 is 2.05 bits per heavy atom. The molecule has 0 aromatic heterocycles. The number of benzene rings is 1. The Morgan fingerprint density at radius 3 is 2.71 bits per heavy atom. The van der Waals surface area contributed by atoms with Crippen molar-refractivity contribution in [2.45, 2.75) is 52.0 Å². The van der Waals surface area contributed by atoms with Gasteiger partial charge in [0.2, 0.25) is 0 Å². The van der Waals surface area contributed by atoms with Crippen LogP contribution >= 0.6 is 0 Å². The Morgan fingerprint density at radius 1 is 1.33 bits per heavy atom. The summed E-state index contributed by atoms with van der Waals surface area (Å²) < 4.78 is 0. The molecule has 3 unspecified atom stereocenters. The summed E-state index contributed by atoms with van der Waals surface area (Å²) in [5, 5.41) is 11.1. The maximum absolute atomic E-state index is 11.1. The van der Waals surface area contributed by atoms with Gasteiger partial charge in [-0.1, -0.05) is 32.0 Å². The van der Waals surface area contributed by atoms with Gasteiger partial charge in [0.25, 0.3) is 5.69 Å². The average molecular weight is 290 g/mol. The summed E-state index contributed by atoms with van der Waals surface area (Å²) in [6, 6.07) is 7.31. The van der Waals surface area contributed by atoms with E-state index in [-0.39, 0.29) is 16.7 Å². The van der Waals surface area contributed by atoms with Crippen LogP contribution in [0.25, 0.3) is 0 Å². The third-order valence-electron chi connectivity index (χ3n) is 5.00. The van der Waals surface area contributed by atoms with Crippen molar-refractivity contribution in [1.82, 2.24) is 0 Å². The second-order valence-electron chi connectivity index (χ2n) is 6.67. The number of para-hydroxylation sites is 1. The number of rotatable bonds is 5. The molecule has 21 heavy (non-hydrogen) atoms. The number of aryl methyl sites for hydroxylation is 1. The van der Waals surface area contributed by atoms with E-state index in [4.69, 9.17) is 5.73 Å². The molecule has 116 valence electrons. The first-order chi connectivity index (χ1) is 9.99. The number of nitrogens with two attached hydrogens (primary N) is 1. The van der Waals surface area contributed by atoms with Crippen LogP contribution in [0, 0.1) is 27.9 Å². The normalized spacial score (nSPS) is 26.0. The zero-order chi connectivity index (χ0) is 15.4. The summed E-state index contributed by atoms with van der Waals surface area (Å²) in [7, 11) is 0. The zero-order valence-corrected chi connectivity index (χ0v) is 13.0. The van der Waals surface area contributed by atoms with Crippen LogP contribution in [-0.2, 0) is 6.42 Å². The molecule has 1 aliphatic rings. The van der Waals surface area contributed by atoms with Crippen molar-refractivity contribution in [2.75, 3.05) is 0 Å². The summed E-state index contributed by atoms with van der Waals surface area (Å²) in [6.45, 7) is 4.56. The van der Waals surface area contributed by atoms with Gasteiger partial charge in [0.15, 0.2) is 0 Å².